The van der Waals surface area contributed by atoms with Gasteiger partial charge in [0.1, 0.15) is 17.3 Å². The van der Waals surface area contributed by atoms with Gasteiger partial charge in [-0.15, -0.1) is 0 Å². The Bertz CT molecular complexity index is 2440. The summed E-state index contributed by atoms with van der Waals surface area (Å²) in [4.78, 5) is 78.2. The van der Waals surface area contributed by atoms with Crippen molar-refractivity contribution in [3.8, 4) is 5.75 Å². The van der Waals surface area contributed by atoms with Gasteiger partial charge in [0.25, 0.3) is 0 Å². The molecule has 5 heterocycles. The molecule has 15 heteroatoms. The quantitative estimate of drug-likeness (QED) is 0.117. The van der Waals surface area contributed by atoms with Crippen LogP contribution in [0, 0.1) is 11.3 Å². The number of rotatable bonds is 10. The van der Waals surface area contributed by atoms with Crippen molar-refractivity contribution in [2.45, 2.75) is 93.6 Å². The van der Waals surface area contributed by atoms with Gasteiger partial charge in [-0.1, -0.05) is 44.2 Å². The Morgan fingerprint density at radius 3 is 2.51 bits per heavy atom. The first-order valence-corrected chi connectivity index (χ1v) is 20.9. The van der Waals surface area contributed by atoms with E-state index in [-0.39, 0.29) is 42.9 Å². The Kier molecular flexibility index (Phi) is 9.68. The van der Waals surface area contributed by atoms with Crippen molar-refractivity contribution in [1.29, 1.82) is 0 Å². The van der Waals surface area contributed by atoms with Crippen LogP contribution in [0.5, 0.6) is 5.75 Å². The Labute approximate surface area is 359 Å². The number of nitrogens with one attached hydrogen (secondary N) is 1. The average Bonchev–Trinajstić information content (AvgIpc) is 3.93. The number of Topliss-reactive ketones (excluding diaryl/α,β-unsaturated/α-hetero) is 1. The molecule has 3 N–H and O–H groups in total. The molecule has 15 nitrogen and oxygen atoms in total. The van der Waals surface area contributed by atoms with Gasteiger partial charge in [-0.3, -0.25) is 24.1 Å². The highest BCUT2D eigenvalue weighted by molar-refractivity contribution is 5.95. The molecular formula is C46H56N4O11. The van der Waals surface area contributed by atoms with Crippen LogP contribution in [-0.2, 0) is 55.4 Å². The minimum Gasteiger partial charge on any atom is -0.496 e. The summed E-state index contributed by atoms with van der Waals surface area (Å²) in [6.07, 6.45) is 1.80. The smallest absolute Gasteiger partial charge is 0.344 e. The van der Waals surface area contributed by atoms with Gasteiger partial charge in [0.05, 0.1) is 31.4 Å². The van der Waals surface area contributed by atoms with Crippen molar-refractivity contribution in [3.05, 3.63) is 70.9 Å². The Balaban J connectivity index is 1.51. The highest BCUT2D eigenvalue weighted by Gasteiger charge is 2.80. The van der Waals surface area contributed by atoms with E-state index in [1.807, 2.05) is 31.2 Å². The zero-order valence-corrected chi connectivity index (χ0v) is 35.4. The zero-order valence-electron chi connectivity index (χ0n) is 38.4. The number of aliphatic hydroxyl groups is 2. The summed E-state index contributed by atoms with van der Waals surface area (Å²) in [6, 6.07) is 9.10. The van der Waals surface area contributed by atoms with Crippen molar-refractivity contribution in [2.75, 3.05) is 59.4 Å². The maximum Gasteiger partial charge on any atom is 0.344 e. The van der Waals surface area contributed by atoms with Crippen molar-refractivity contribution in [2.24, 2.45) is 11.3 Å². The molecule has 2 fully saturated rings. The molecule has 9 atom stereocenters. The number of fused-ring (bicyclic) bond motifs is 4. The molecule has 326 valence electrons. The first-order valence-electron chi connectivity index (χ1n) is 22.4. The molecule has 61 heavy (non-hydrogen) atoms. The zero-order chi connectivity index (χ0) is 46.3. The van der Waals surface area contributed by atoms with E-state index >= 15 is 4.79 Å². The maximum absolute atomic E-state index is 15.6. The third-order valence-corrected chi connectivity index (χ3v) is 14.8. The highest BCUT2D eigenvalue weighted by Crippen LogP contribution is 2.68. The summed E-state index contributed by atoms with van der Waals surface area (Å²) in [7, 11) is 1.02. The maximum atomic E-state index is 15.6. The number of benzene rings is 2. The van der Waals surface area contributed by atoms with Crippen LogP contribution in [0.3, 0.4) is 0 Å². The second-order valence-corrected chi connectivity index (χ2v) is 17.3. The number of esters is 3. The number of aliphatic hydroxyl groups excluding tert-OH is 1. The lowest BCUT2D eigenvalue weighted by molar-refractivity contribution is -0.228. The van der Waals surface area contributed by atoms with Crippen molar-refractivity contribution in [1.82, 2.24) is 14.8 Å². The van der Waals surface area contributed by atoms with Crippen LogP contribution in [-0.4, -0.2) is 139 Å². The van der Waals surface area contributed by atoms with Crippen molar-refractivity contribution in [3.63, 3.8) is 0 Å². The Morgan fingerprint density at radius 2 is 1.84 bits per heavy atom. The number of hydrogen-bond donors (Lipinski definition) is 3. The number of ether oxygens (including phenoxy) is 4. The molecular weight excluding hydrogens is 785 g/mol. The Hall–Kier alpha value is -5.25. The fraction of sp³-hybridized carbons (Fsp3) is 0.543. The van der Waals surface area contributed by atoms with E-state index in [1.54, 1.807) is 43.1 Å². The van der Waals surface area contributed by atoms with Crippen LogP contribution in [0.25, 0.3) is 10.9 Å². The number of likely N-dealkylation sites (N-methyl/N-ethyl adjacent to an activating group) is 1. The summed E-state index contributed by atoms with van der Waals surface area (Å²) in [5.74, 6) is -4.53. The molecule has 1 spiro atoms. The summed E-state index contributed by atoms with van der Waals surface area (Å²) in [5.41, 5.74) is -4.32. The number of methoxy groups -OCH3 is 3. The number of aromatic nitrogens is 1. The second-order valence-electron chi connectivity index (χ2n) is 17.3. The minimum absolute atomic E-state index is 0.0650. The predicted octanol–water partition coefficient (Wildman–Crippen LogP) is 2.94. The highest BCUT2D eigenvalue weighted by atomic mass is 16.6. The van der Waals surface area contributed by atoms with Gasteiger partial charge in [-0.05, 0) is 55.5 Å². The van der Waals surface area contributed by atoms with Crippen LogP contribution in [0.1, 0.15) is 73.0 Å². The number of amides is 1. The van der Waals surface area contributed by atoms with E-state index in [9.17, 15) is 29.4 Å². The molecule has 1 aromatic heterocycles. The molecule has 0 radical (unpaired) electrons. The molecule has 1 saturated carbocycles. The Morgan fingerprint density at radius 1 is 1.07 bits per heavy atom. The van der Waals surface area contributed by atoms with Crippen LogP contribution < -0.4 is 9.64 Å². The minimum atomic E-state index is -3.27. The average molecular weight is 844 g/mol. The number of H-pyrrole nitrogens is 1. The lowest BCUT2D eigenvalue weighted by Gasteiger charge is -2.63. The fourth-order valence-electron chi connectivity index (χ4n) is 12.5. The van der Waals surface area contributed by atoms with E-state index in [4.69, 9.17) is 23.1 Å². The SMILES string of the molecule is [2H]C([2H])([2H])OC(=O)[C@]1(c2cc3c(cc2OC)N(C)C2[C@]34CCN3CC=C[C@@](CC)([C@@H](OC(C)=O)[C@]2(O)C(=O)OC)[C@H]34)C[C@H]([C@@H](O)C(=O)CC)CN(C=O)CCc2c1[nH]c1ccccc21. The fourth-order valence-corrected chi connectivity index (χ4v) is 12.5. The molecule has 1 unspecified atom stereocenters. The topological polar surface area (TPSA) is 188 Å². The van der Waals surface area contributed by atoms with Crippen LogP contribution in [0.4, 0.5) is 5.69 Å². The van der Waals surface area contributed by atoms with Gasteiger partial charge in [0.15, 0.2) is 11.9 Å². The van der Waals surface area contributed by atoms with E-state index in [1.165, 1.54) is 26.0 Å². The molecule has 0 bridgehead atoms. The van der Waals surface area contributed by atoms with Gasteiger partial charge in [0.2, 0.25) is 12.0 Å². The van der Waals surface area contributed by atoms with Crippen molar-refractivity contribution >= 4 is 46.7 Å². The lowest BCUT2D eigenvalue weighted by atomic mass is 9.47. The molecule has 1 aliphatic carbocycles. The number of carbonyl (C=O) groups excluding carboxylic acids is 5. The van der Waals surface area contributed by atoms with Gasteiger partial charge in [-0.25, -0.2) is 4.79 Å². The molecule has 8 rings (SSSR count). The monoisotopic (exact) mass is 843 g/mol. The third kappa shape index (κ3) is 5.68. The summed E-state index contributed by atoms with van der Waals surface area (Å²) in [5, 5.41) is 25.9. The molecule has 2 aromatic carbocycles. The lowest BCUT2D eigenvalue weighted by Crippen LogP contribution is -2.81. The molecule has 5 aliphatic rings. The van der Waals surface area contributed by atoms with Gasteiger partial charge >= 0.3 is 17.9 Å². The van der Waals surface area contributed by atoms with E-state index in [0.717, 1.165) is 0 Å². The number of aromatic amines is 1. The first kappa shape index (κ1) is 38.7. The molecule has 3 aromatic rings. The third-order valence-electron chi connectivity index (χ3n) is 14.8. The van der Waals surface area contributed by atoms with Gasteiger partial charge in [0, 0.05) is 96.7 Å². The molecule has 1 amide bonds. The summed E-state index contributed by atoms with van der Waals surface area (Å²) >= 11 is 0. The first-order chi connectivity index (χ1) is 30.3. The second kappa shape index (κ2) is 15.3. The van der Waals surface area contributed by atoms with E-state index in [2.05, 4.69) is 9.88 Å². The predicted molar refractivity (Wildman–Crippen MR) is 223 cm³/mol. The van der Waals surface area contributed by atoms with E-state index in [0.29, 0.717) is 60.1 Å². The van der Waals surface area contributed by atoms with E-state index < -0.39 is 89.2 Å². The summed E-state index contributed by atoms with van der Waals surface area (Å²) < 4.78 is 48.0. The van der Waals surface area contributed by atoms with Gasteiger partial charge < -0.3 is 43.9 Å². The standard InChI is InChI=1S/C46H56N4O11/c1-8-34(53)36(54)27-23-45(41(55)59-6,37-29(15-19-49(24-27)25-51)28-13-10-11-14-32(28)47-37)31-21-30-33(22-35(31)58-5)48(4)39-44(30)17-20-50-18-12-16-43(9-2,38(44)50)40(61-26(3)52)46(39,57)42(56)60-7/h10-14,16,21-22,25,27,36,38-40,47,54,57H,8-9,15,17-20,23-24H2,1-7H3/t27-,36+,38-,39?,40+,43+,44+,45-,46-/m0/s1/i6D3. The largest absolute Gasteiger partial charge is 0.496 e. The summed E-state index contributed by atoms with van der Waals surface area (Å²) in [6.45, 7) is 5.70. The van der Waals surface area contributed by atoms with Crippen LogP contribution in [0.2, 0.25) is 0 Å². The van der Waals surface area contributed by atoms with Crippen LogP contribution in [0.15, 0.2) is 48.6 Å². The number of nitrogens with zero attached hydrogens (tertiary/aromatic N) is 3. The van der Waals surface area contributed by atoms with Crippen LogP contribution >= 0.6 is 0 Å². The number of ketones is 1. The van der Waals surface area contributed by atoms with Gasteiger partial charge in [-0.2, -0.15) is 0 Å². The number of hydrogen-bond acceptors (Lipinski definition) is 13. The number of para-hydroxylation sites is 1. The molecule has 1 saturated heterocycles. The molecule has 4 aliphatic heterocycles. The number of anilines is 1. The normalized spacial score (nSPS) is 33.0. The van der Waals surface area contributed by atoms with Crippen molar-refractivity contribution < 1.29 is 57.2 Å². The number of carbonyl (C=O) groups is 5.